The second-order valence-electron chi connectivity index (χ2n) is 6.64. The second-order valence-corrected chi connectivity index (χ2v) is 6.64. The van der Waals surface area contributed by atoms with Crippen LogP contribution in [0.15, 0.2) is 48.2 Å². The van der Waals surface area contributed by atoms with Gasteiger partial charge in [-0.3, -0.25) is 9.78 Å². The Morgan fingerprint density at radius 3 is 2.32 bits per heavy atom. The molecule has 0 fully saturated rings. The van der Waals surface area contributed by atoms with Gasteiger partial charge in [0.2, 0.25) is 0 Å². The summed E-state index contributed by atoms with van der Waals surface area (Å²) >= 11 is 0. The third kappa shape index (κ3) is 6.66. The van der Waals surface area contributed by atoms with Gasteiger partial charge in [0.1, 0.15) is 5.82 Å². The van der Waals surface area contributed by atoms with Crippen LogP contribution in [0.2, 0.25) is 0 Å². The zero-order valence-electron chi connectivity index (χ0n) is 16.6. The topological polar surface area (TPSA) is 50.2 Å². The quantitative estimate of drug-likeness (QED) is 0.247. The predicted octanol–water partition coefficient (Wildman–Crippen LogP) is 5.80. The van der Waals surface area contributed by atoms with Crippen molar-refractivity contribution in [2.45, 2.75) is 34.6 Å². The number of rotatable bonds is 2. The van der Waals surface area contributed by atoms with Crippen LogP contribution in [0.1, 0.15) is 30.5 Å². The molecule has 1 N–H and O–H groups in total. The summed E-state index contributed by atoms with van der Waals surface area (Å²) < 4.78 is 13.7. The molecule has 0 aliphatic heterocycles. The number of hydrogen-bond donors (Lipinski definition) is 1. The summed E-state index contributed by atoms with van der Waals surface area (Å²) in [5.41, 5.74) is 5.35. The van der Waals surface area contributed by atoms with E-state index < -0.39 is 0 Å². The van der Waals surface area contributed by atoms with Gasteiger partial charge in [-0.2, -0.15) is 0 Å². The van der Waals surface area contributed by atoms with Gasteiger partial charge in [-0.05, 0) is 49.5 Å². The first-order chi connectivity index (χ1) is 12.7. The van der Waals surface area contributed by atoms with Crippen molar-refractivity contribution in [2.75, 3.05) is 0 Å². The molecule has 0 spiro atoms. The molecule has 0 unspecified atom stereocenters. The summed E-state index contributed by atoms with van der Waals surface area (Å²) in [5.74, 6) is -0.279. The van der Waals surface area contributed by atoms with Crippen LogP contribution in [0, 0.1) is 32.7 Å². The van der Waals surface area contributed by atoms with Crippen LogP contribution >= 0.6 is 0 Å². The number of fused-ring (bicyclic) bond motifs is 1. The minimum Gasteiger partial charge on any atom is -0.512 e. The van der Waals surface area contributed by atoms with Gasteiger partial charge in [0, 0.05) is 26.2 Å². The molecule has 1 heterocycles. The standard InChI is InChI=1S/C18H15FN.C5H8O2.Ir/c1-11-6-12(2)8-15(7-11)17-5-4-14-9-13(3)16(19)10-18(14)20-17;1-4(6)3-5(2)7;/h4-7,9-10H,1-3H3;3,6H,1-2H3;/q-1;;/b;4-3-;. The number of aliphatic hydroxyl groups is 1. The van der Waals surface area contributed by atoms with E-state index in [1.54, 1.807) is 6.92 Å². The van der Waals surface area contributed by atoms with E-state index in [9.17, 15) is 9.18 Å². The molecule has 0 saturated heterocycles. The molecule has 3 rings (SSSR count). The number of carbonyl (C=O) groups excluding carboxylic acids is 1. The SMILES string of the molecule is CC(=O)/C=C(/C)O.Cc1[c-]c(-c2ccc3cc(C)c(F)cc3n2)cc(C)c1.[Ir]. The van der Waals surface area contributed by atoms with Gasteiger partial charge < -0.3 is 5.11 Å². The van der Waals surface area contributed by atoms with Crippen LogP contribution in [0.25, 0.3) is 22.2 Å². The third-order valence-electron chi connectivity index (χ3n) is 3.81. The molecule has 1 aromatic heterocycles. The second kappa shape index (κ2) is 10.3. The van der Waals surface area contributed by atoms with Crippen molar-refractivity contribution in [1.29, 1.82) is 0 Å². The fourth-order valence-corrected chi connectivity index (χ4v) is 2.74. The smallest absolute Gasteiger partial charge is 0.155 e. The minimum absolute atomic E-state index is 0. The molecule has 0 bridgehead atoms. The fraction of sp³-hybridized carbons (Fsp3) is 0.217. The number of hydrogen-bond acceptors (Lipinski definition) is 3. The summed E-state index contributed by atoms with van der Waals surface area (Å²) in [6.45, 7) is 8.68. The zero-order valence-corrected chi connectivity index (χ0v) is 19.0. The van der Waals surface area contributed by atoms with Crippen LogP contribution in [-0.4, -0.2) is 15.9 Å². The maximum absolute atomic E-state index is 13.7. The Bertz CT molecular complexity index is 1000. The molecule has 28 heavy (non-hydrogen) atoms. The molecule has 3 nitrogen and oxygen atoms in total. The molecule has 0 aliphatic rings. The third-order valence-corrected chi connectivity index (χ3v) is 3.81. The van der Waals surface area contributed by atoms with Gasteiger partial charge in [-0.1, -0.05) is 26.0 Å². The summed E-state index contributed by atoms with van der Waals surface area (Å²) in [6, 6.07) is 14.7. The molecular formula is C23H23FIrNO2-. The number of carbonyl (C=O) groups is 1. The van der Waals surface area contributed by atoms with Crippen LogP contribution in [0.4, 0.5) is 4.39 Å². The molecule has 5 heteroatoms. The number of allylic oxidation sites excluding steroid dienone is 2. The van der Waals surface area contributed by atoms with E-state index >= 15 is 0 Å². The van der Waals surface area contributed by atoms with Crippen molar-refractivity contribution in [3.05, 3.63) is 76.8 Å². The van der Waals surface area contributed by atoms with Crippen molar-refractivity contribution in [1.82, 2.24) is 4.98 Å². The number of halogens is 1. The van der Waals surface area contributed by atoms with Crippen LogP contribution in [0.3, 0.4) is 0 Å². The van der Waals surface area contributed by atoms with Gasteiger partial charge in [0.15, 0.2) is 5.78 Å². The fourth-order valence-electron chi connectivity index (χ4n) is 2.74. The normalized spacial score (nSPS) is 10.7. The molecule has 1 radical (unpaired) electrons. The van der Waals surface area contributed by atoms with E-state index in [0.29, 0.717) is 11.1 Å². The molecule has 0 saturated carbocycles. The van der Waals surface area contributed by atoms with Crippen molar-refractivity contribution in [3.8, 4) is 11.3 Å². The summed E-state index contributed by atoms with van der Waals surface area (Å²) in [5, 5.41) is 9.32. The minimum atomic E-state index is -0.216. The number of aliphatic hydroxyl groups excluding tert-OH is 1. The van der Waals surface area contributed by atoms with E-state index in [1.165, 1.54) is 31.6 Å². The molecule has 2 aromatic carbocycles. The van der Waals surface area contributed by atoms with Gasteiger partial charge >= 0.3 is 0 Å². The van der Waals surface area contributed by atoms with Gasteiger partial charge in [-0.25, -0.2) is 4.39 Å². The number of ketones is 1. The number of nitrogens with zero attached hydrogens (tertiary/aromatic N) is 1. The van der Waals surface area contributed by atoms with E-state index in [1.807, 2.05) is 31.2 Å². The number of benzene rings is 2. The maximum atomic E-state index is 13.7. The van der Waals surface area contributed by atoms with Crippen LogP contribution in [0.5, 0.6) is 0 Å². The Morgan fingerprint density at radius 2 is 1.79 bits per heavy atom. The van der Waals surface area contributed by atoms with Crippen molar-refractivity contribution in [2.24, 2.45) is 0 Å². The monoisotopic (exact) mass is 557 g/mol. The van der Waals surface area contributed by atoms with Crippen LogP contribution < -0.4 is 0 Å². The Hall–Kier alpha value is -2.36. The molecular weight excluding hydrogens is 533 g/mol. The van der Waals surface area contributed by atoms with Gasteiger partial charge in [0.05, 0.1) is 11.3 Å². The first-order valence-electron chi connectivity index (χ1n) is 8.61. The summed E-state index contributed by atoms with van der Waals surface area (Å²) in [6.07, 6.45) is 1.17. The first kappa shape index (κ1) is 23.7. The number of aryl methyl sites for hydroxylation is 3. The average Bonchev–Trinajstić information content (AvgIpc) is 2.54. The molecule has 0 aliphatic carbocycles. The Labute approximate surface area is 178 Å². The first-order valence-corrected chi connectivity index (χ1v) is 8.61. The van der Waals surface area contributed by atoms with E-state index in [2.05, 4.69) is 24.0 Å². The molecule has 0 amide bonds. The number of pyridine rings is 1. The van der Waals surface area contributed by atoms with E-state index in [4.69, 9.17) is 5.11 Å². The summed E-state index contributed by atoms with van der Waals surface area (Å²) in [7, 11) is 0. The Balaban J connectivity index is 0.000000425. The van der Waals surface area contributed by atoms with Crippen molar-refractivity contribution >= 4 is 16.7 Å². The Morgan fingerprint density at radius 1 is 1.11 bits per heavy atom. The van der Waals surface area contributed by atoms with Crippen molar-refractivity contribution in [3.63, 3.8) is 0 Å². The maximum Gasteiger partial charge on any atom is 0.155 e. The average molecular weight is 557 g/mol. The van der Waals surface area contributed by atoms with E-state index in [-0.39, 0.29) is 37.5 Å². The van der Waals surface area contributed by atoms with Gasteiger partial charge in [0.25, 0.3) is 0 Å². The molecule has 0 atom stereocenters. The largest absolute Gasteiger partial charge is 0.512 e. The summed E-state index contributed by atoms with van der Waals surface area (Å²) in [4.78, 5) is 14.6. The molecule has 149 valence electrons. The zero-order chi connectivity index (χ0) is 20.1. The van der Waals surface area contributed by atoms with E-state index in [0.717, 1.165) is 22.2 Å². The molecule has 3 aromatic rings. The van der Waals surface area contributed by atoms with Crippen LogP contribution in [-0.2, 0) is 24.9 Å². The Kier molecular flexibility index (Phi) is 8.67. The predicted molar refractivity (Wildman–Crippen MR) is 107 cm³/mol. The number of aromatic nitrogens is 1. The van der Waals surface area contributed by atoms with Gasteiger partial charge in [-0.15, -0.1) is 34.9 Å². The van der Waals surface area contributed by atoms with Crippen molar-refractivity contribution < 1.29 is 34.4 Å².